The molecule has 2 heterocycles. The maximum atomic E-state index is 12.0. The number of carbonyl (C=O) groups is 1. The van der Waals surface area contributed by atoms with Crippen LogP contribution in [0.5, 0.6) is 5.75 Å². The number of ether oxygens (including phenoxy) is 2. The van der Waals surface area contributed by atoms with E-state index in [1.165, 1.54) is 12.7 Å². The van der Waals surface area contributed by atoms with Crippen molar-refractivity contribution >= 4 is 29.2 Å². The van der Waals surface area contributed by atoms with Crippen molar-refractivity contribution in [2.75, 3.05) is 39.8 Å². The minimum absolute atomic E-state index is 0.153. The third-order valence-electron chi connectivity index (χ3n) is 7.45. The lowest BCUT2D eigenvalue weighted by atomic mass is 9.86. The molecule has 2 aromatic rings. The minimum atomic E-state index is -0.153. The topological polar surface area (TPSA) is 42.0 Å². The van der Waals surface area contributed by atoms with Crippen molar-refractivity contribution in [3.8, 4) is 5.75 Å². The number of methoxy groups -OCH3 is 1. The monoisotopic (exact) mass is 518 g/mol. The third-order valence-corrected chi connectivity index (χ3v) is 8.33. The van der Waals surface area contributed by atoms with Crippen LogP contribution in [0.2, 0.25) is 10.0 Å². The summed E-state index contributed by atoms with van der Waals surface area (Å²) in [6.07, 6.45) is 5.34. The molecule has 0 radical (unpaired) electrons. The van der Waals surface area contributed by atoms with E-state index in [0.29, 0.717) is 28.5 Å². The molecule has 0 saturated carbocycles. The molecule has 190 valence electrons. The van der Waals surface area contributed by atoms with E-state index in [2.05, 4.69) is 40.1 Å². The van der Waals surface area contributed by atoms with Gasteiger partial charge in [-0.3, -0.25) is 9.69 Å². The summed E-state index contributed by atoms with van der Waals surface area (Å²) >= 11 is 12.6. The van der Waals surface area contributed by atoms with E-state index in [4.69, 9.17) is 32.7 Å². The Morgan fingerprint density at radius 2 is 1.77 bits per heavy atom. The highest BCUT2D eigenvalue weighted by Gasteiger charge is 2.32. The predicted octanol–water partition coefficient (Wildman–Crippen LogP) is 5.64. The number of carbonyl (C=O) groups excluding carboxylic acids is 1. The van der Waals surface area contributed by atoms with E-state index < -0.39 is 0 Å². The summed E-state index contributed by atoms with van der Waals surface area (Å²) in [7, 11) is 1.47. The molecule has 0 spiro atoms. The molecule has 2 aliphatic heterocycles. The SMILES string of the molecule is COC(=O)CN1CCC(CN2CCC(Oc3ccc(Cl)c(C)c3Cl)CC2)CC1Cc1ccccc1. The molecule has 2 aromatic carbocycles. The number of halogens is 2. The lowest BCUT2D eigenvalue weighted by molar-refractivity contribution is -0.143. The number of likely N-dealkylation sites (tertiary alicyclic amines) is 2. The second-order valence-corrected chi connectivity index (χ2v) is 10.7. The lowest BCUT2D eigenvalue weighted by Gasteiger charge is -2.41. The summed E-state index contributed by atoms with van der Waals surface area (Å²) < 4.78 is 11.2. The summed E-state index contributed by atoms with van der Waals surface area (Å²) in [6, 6.07) is 14.7. The Labute approximate surface area is 219 Å². The van der Waals surface area contributed by atoms with Crippen molar-refractivity contribution in [2.45, 2.75) is 51.2 Å². The normalized spacial score (nSPS) is 22.2. The smallest absolute Gasteiger partial charge is 0.319 e. The number of hydrogen-bond acceptors (Lipinski definition) is 5. The van der Waals surface area contributed by atoms with Crippen molar-refractivity contribution in [3.05, 3.63) is 63.6 Å². The van der Waals surface area contributed by atoms with Gasteiger partial charge in [-0.15, -0.1) is 0 Å². The molecule has 0 bridgehead atoms. The highest BCUT2D eigenvalue weighted by atomic mass is 35.5. The van der Waals surface area contributed by atoms with Crippen LogP contribution in [-0.2, 0) is 16.0 Å². The Morgan fingerprint density at radius 3 is 2.49 bits per heavy atom. The highest BCUT2D eigenvalue weighted by molar-refractivity contribution is 6.36. The molecule has 2 atom stereocenters. The second kappa shape index (κ2) is 12.4. The largest absolute Gasteiger partial charge is 0.489 e. The van der Waals surface area contributed by atoms with Crippen LogP contribution < -0.4 is 4.74 Å². The molecule has 5 nitrogen and oxygen atoms in total. The molecule has 35 heavy (non-hydrogen) atoms. The van der Waals surface area contributed by atoms with Crippen LogP contribution in [0.3, 0.4) is 0 Å². The summed E-state index contributed by atoms with van der Waals surface area (Å²) in [4.78, 5) is 16.9. The van der Waals surface area contributed by atoms with Crippen molar-refractivity contribution in [3.63, 3.8) is 0 Å². The van der Waals surface area contributed by atoms with Crippen LogP contribution >= 0.6 is 23.2 Å². The van der Waals surface area contributed by atoms with Crippen LogP contribution in [0.4, 0.5) is 0 Å². The maximum Gasteiger partial charge on any atom is 0.319 e. The van der Waals surface area contributed by atoms with E-state index in [0.717, 1.165) is 69.6 Å². The van der Waals surface area contributed by atoms with Gasteiger partial charge in [0.2, 0.25) is 0 Å². The molecular weight excluding hydrogens is 483 g/mol. The number of piperidine rings is 2. The predicted molar refractivity (Wildman–Crippen MR) is 142 cm³/mol. The number of nitrogens with zero attached hydrogens (tertiary/aromatic N) is 2. The molecule has 2 aliphatic rings. The van der Waals surface area contributed by atoms with E-state index in [1.807, 2.05) is 19.1 Å². The van der Waals surface area contributed by atoms with E-state index in [9.17, 15) is 4.79 Å². The molecular formula is C28H36Cl2N2O3. The molecule has 0 N–H and O–H groups in total. The first-order chi connectivity index (χ1) is 16.9. The Morgan fingerprint density at radius 1 is 1.03 bits per heavy atom. The van der Waals surface area contributed by atoms with Gasteiger partial charge in [0.05, 0.1) is 18.7 Å². The number of rotatable bonds is 8. The molecule has 2 fully saturated rings. The number of esters is 1. The Balaban J connectivity index is 1.30. The van der Waals surface area contributed by atoms with Crippen molar-refractivity contribution in [2.24, 2.45) is 5.92 Å². The molecule has 0 aliphatic carbocycles. The van der Waals surface area contributed by atoms with Gasteiger partial charge in [0, 0.05) is 30.7 Å². The Hall–Kier alpha value is -1.79. The zero-order chi connectivity index (χ0) is 24.8. The molecule has 0 aromatic heterocycles. The summed E-state index contributed by atoms with van der Waals surface area (Å²) in [5.41, 5.74) is 2.19. The fraction of sp³-hybridized carbons (Fsp3) is 0.536. The van der Waals surface area contributed by atoms with E-state index in [1.54, 1.807) is 0 Å². The fourth-order valence-corrected chi connectivity index (χ4v) is 5.78. The van der Waals surface area contributed by atoms with Gasteiger partial charge in [0.1, 0.15) is 11.9 Å². The molecule has 4 rings (SSSR count). The zero-order valence-electron chi connectivity index (χ0n) is 20.7. The first kappa shape index (κ1) is 26.3. The second-order valence-electron chi connectivity index (χ2n) is 9.88. The average molecular weight is 520 g/mol. The number of hydrogen-bond donors (Lipinski definition) is 0. The molecule has 2 saturated heterocycles. The fourth-order valence-electron chi connectivity index (χ4n) is 5.37. The van der Waals surface area contributed by atoms with Gasteiger partial charge < -0.3 is 14.4 Å². The Bertz CT molecular complexity index is 980. The average Bonchev–Trinajstić information content (AvgIpc) is 2.87. The van der Waals surface area contributed by atoms with Gasteiger partial charge in [0.15, 0.2) is 0 Å². The van der Waals surface area contributed by atoms with E-state index >= 15 is 0 Å². The van der Waals surface area contributed by atoms with Gasteiger partial charge in [-0.05, 0) is 74.8 Å². The van der Waals surface area contributed by atoms with Crippen LogP contribution in [0.15, 0.2) is 42.5 Å². The van der Waals surface area contributed by atoms with Crippen LogP contribution in [0.25, 0.3) is 0 Å². The van der Waals surface area contributed by atoms with E-state index in [-0.39, 0.29) is 12.1 Å². The minimum Gasteiger partial charge on any atom is -0.489 e. The Kier molecular flexibility index (Phi) is 9.34. The lowest BCUT2D eigenvalue weighted by Crippen LogP contribution is -2.49. The van der Waals surface area contributed by atoms with Gasteiger partial charge in [-0.2, -0.15) is 0 Å². The standard InChI is InChI=1S/C28H36Cl2N2O3/c1-20-25(29)8-9-26(28(20)30)35-24-11-13-31(14-12-24)18-22-10-15-32(19-27(33)34-2)23(17-22)16-21-6-4-3-5-7-21/h3-9,22-24H,10-19H2,1-2H3. The van der Waals surface area contributed by atoms with Crippen LogP contribution in [-0.4, -0.2) is 67.7 Å². The van der Waals surface area contributed by atoms with Crippen LogP contribution in [0.1, 0.15) is 36.8 Å². The van der Waals surface area contributed by atoms with Crippen molar-refractivity contribution in [1.82, 2.24) is 9.80 Å². The van der Waals surface area contributed by atoms with Gasteiger partial charge in [-0.1, -0.05) is 53.5 Å². The van der Waals surface area contributed by atoms with Crippen molar-refractivity contribution < 1.29 is 14.3 Å². The molecule has 0 amide bonds. The maximum absolute atomic E-state index is 12.0. The molecule has 7 heteroatoms. The number of benzene rings is 2. The summed E-state index contributed by atoms with van der Waals surface area (Å²) in [5, 5.41) is 1.28. The third kappa shape index (κ3) is 7.13. The molecule has 2 unspecified atom stereocenters. The quantitative estimate of drug-likeness (QED) is 0.423. The highest BCUT2D eigenvalue weighted by Crippen LogP contribution is 2.34. The first-order valence-electron chi connectivity index (χ1n) is 12.6. The first-order valence-corrected chi connectivity index (χ1v) is 13.4. The van der Waals surface area contributed by atoms with Crippen molar-refractivity contribution in [1.29, 1.82) is 0 Å². The summed E-state index contributed by atoms with van der Waals surface area (Å²) in [5.74, 6) is 1.21. The zero-order valence-corrected chi connectivity index (χ0v) is 22.2. The van der Waals surface area contributed by atoms with Crippen LogP contribution in [0, 0.1) is 12.8 Å². The summed E-state index contributed by atoms with van der Waals surface area (Å²) in [6.45, 7) is 6.38. The van der Waals surface area contributed by atoms with Gasteiger partial charge >= 0.3 is 5.97 Å². The van der Waals surface area contributed by atoms with Gasteiger partial charge in [0.25, 0.3) is 0 Å². The van der Waals surface area contributed by atoms with Gasteiger partial charge in [-0.25, -0.2) is 0 Å².